The number of H-pyrrole nitrogens is 1. The van der Waals surface area contributed by atoms with Crippen molar-refractivity contribution in [2.75, 3.05) is 33.7 Å². The van der Waals surface area contributed by atoms with Crippen molar-refractivity contribution in [2.24, 2.45) is 0 Å². The van der Waals surface area contributed by atoms with Crippen LogP contribution in [0.2, 0.25) is 5.28 Å². The van der Waals surface area contributed by atoms with Gasteiger partial charge in [-0.05, 0) is 73.0 Å². The number of imidazole rings is 2. The van der Waals surface area contributed by atoms with Crippen LogP contribution in [0.1, 0.15) is 52.4 Å². The second kappa shape index (κ2) is 17.8. The first-order valence-electron chi connectivity index (χ1n) is 20.8. The molecule has 2 aromatic carbocycles. The van der Waals surface area contributed by atoms with E-state index in [2.05, 4.69) is 29.9 Å². The van der Waals surface area contributed by atoms with Crippen LogP contribution in [0.4, 0.5) is 49.4 Å². The highest BCUT2D eigenvalue weighted by Gasteiger charge is 2.54. The second-order valence-electron chi connectivity index (χ2n) is 16.1. The van der Waals surface area contributed by atoms with Gasteiger partial charge < -0.3 is 24.6 Å². The van der Waals surface area contributed by atoms with Crippen molar-refractivity contribution >= 4 is 46.4 Å². The Bertz CT molecular complexity index is 2650. The highest BCUT2D eigenvalue weighted by atomic mass is 35.5. The fraction of sp³-hybridized carbons (Fsp3) is 0.364. The van der Waals surface area contributed by atoms with E-state index in [0.29, 0.717) is 47.2 Å². The molecule has 21 heteroatoms. The molecular weight excluding hydrogens is 878 g/mol. The number of nitrogens with zero attached hydrogens (tertiary/aromatic N) is 11. The van der Waals surface area contributed by atoms with E-state index in [0.717, 1.165) is 11.4 Å². The highest BCUT2D eigenvalue weighted by molar-refractivity contribution is 6.28. The van der Waals surface area contributed by atoms with Gasteiger partial charge >= 0.3 is 0 Å². The minimum absolute atomic E-state index is 0.0439. The molecule has 6 aromatic rings. The molecule has 0 spiro atoms. The topological polar surface area (TPSA) is 145 Å². The van der Waals surface area contributed by atoms with E-state index in [1.165, 1.54) is 46.5 Å². The van der Waals surface area contributed by atoms with E-state index < -0.39 is 36.0 Å². The lowest BCUT2D eigenvalue weighted by atomic mass is 9.85. The van der Waals surface area contributed by atoms with Crippen LogP contribution in [-0.2, 0) is 9.59 Å². The maximum atomic E-state index is 13.7. The van der Waals surface area contributed by atoms with Gasteiger partial charge in [-0.25, -0.2) is 46.3 Å². The molecule has 2 atom stereocenters. The van der Waals surface area contributed by atoms with E-state index in [4.69, 9.17) is 16.6 Å². The number of fused-ring (bicyclic) bond motifs is 2. The number of aromatic amines is 1. The summed E-state index contributed by atoms with van der Waals surface area (Å²) in [7, 11) is 3.27. The van der Waals surface area contributed by atoms with Gasteiger partial charge in [0.15, 0.2) is 11.6 Å². The van der Waals surface area contributed by atoms with Crippen LogP contribution in [0.15, 0.2) is 85.7 Å². The Hall–Kier alpha value is -6.57. The number of benzene rings is 2. The van der Waals surface area contributed by atoms with E-state index in [1.54, 1.807) is 77.5 Å². The van der Waals surface area contributed by atoms with Gasteiger partial charge in [0.1, 0.15) is 46.7 Å². The molecule has 4 aromatic heterocycles. The van der Waals surface area contributed by atoms with Crippen molar-refractivity contribution in [2.45, 2.75) is 88.4 Å². The summed E-state index contributed by atoms with van der Waals surface area (Å²) in [6, 6.07) is 10.2. The fourth-order valence-electron chi connectivity index (χ4n) is 8.45. The van der Waals surface area contributed by atoms with Gasteiger partial charge in [0.25, 0.3) is 11.8 Å². The summed E-state index contributed by atoms with van der Waals surface area (Å²) in [5.74, 6) is -3.81. The number of rotatable bonds is 7. The summed E-state index contributed by atoms with van der Waals surface area (Å²) < 4.78 is 81.3. The normalized spacial score (nSPS) is 19.9. The summed E-state index contributed by atoms with van der Waals surface area (Å²) in [5.41, 5.74) is 2.54. The summed E-state index contributed by atoms with van der Waals surface area (Å²) in [6.45, 7) is 3.71. The number of carbonyl (C=O) groups excluding carboxylic acids is 2. The number of anilines is 4. The Morgan fingerprint density at radius 2 is 1.17 bits per heavy atom. The lowest BCUT2D eigenvalue weighted by Gasteiger charge is -2.49. The van der Waals surface area contributed by atoms with Crippen molar-refractivity contribution < 1.29 is 35.9 Å². The summed E-state index contributed by atoms with van der Waals surface area (Å²) in [5, 5.41) is 0.0439. The Balaban J connectivity index is 0.000000149. The quantitative estimate of drug-likeness (QED) is 0.122. The molecule has 14 nitrogen and oxygen atoms in total. The van der Waals surface area contributed by atoms with Crippen molar-refractivity contribution in [1.29, 1.82) is 0 Å². The molecule has 340 valence electrons. The lowest BCUT2D eigenvalue weighted by molar-refractivity contribution is -0.122. The molecule has 0 unspecified atom stereocenters. The van der Waals surface area contributed by atoms with Crippen LogP contribution in [0.5, 0.6) is 0 Å². The van der Waals surface area contributed by atoms with Crippen LogP contribution in [-0.4, -0.2) is 101 Å². The third-order valence-electron chi connectivity index (χ3n) is 11.8. The lowest BCUT2D eigenvalue weighted by Crippen LogP contribution is -2.61. The number of likely N-dealkylation sites (N-methyl/N-ethyl adjacent to an activating group) is 2. The number of amides is 2. The Labute approximate surface area is 374 Å². The van der Waals surface area contributed by atoms with Crippen LogP contribution in [0, 0.1) is 11.6 Å². The molecule has 0 radical (unpaired) electrons. The second-order valence-corrected chi connectivity index (χ2v) is 16.4. The zero-order chi connectivity index (χ0) is 46.4. The third-order valence-corrected chi connectivity index (χ3v) is 12.0. The first-order chi connectivity index (χ1) is 31.0. The van der Waals surface area contributed by atoms with Crippen LogP contribution < -0.4 is 19.6 Å². The smallest absolute Gasteiger partial charge is 0.252 e. The number of nitrogens with one attached hydrogen (secondary N) is 1. The van der Waals surface area contributed by atoms with Crippen LogP contribution >= 0.6 is 11.6 Å². The predicted octanol–water partition coefficient (Wildman–Crippen LogP) is 8.53. The number of hydrogen-bond acceptors (Lipinski definition) is 10. The van der Waals surface area contributed by atoms with Crippen molar-refractivity contribution in [3.8, 4) is 28.7 Å². The maximum Gasteiger partial charge on any atom is 0.252 e. The van der Waals surface area contributed by atoms with Gasteiger partial charge in [-0.1, -0.05) is 13.8 Å². The monoisotopic (exact) mass is 920 g/mol. The predicted molar refractivity (Wildman–Crippen MR) is 231 cm³/mol. The average Bonchev–Trinajstić information content (AvgIpc) is 3.99. The standard InChI is InChI=1S/C22H21F3N6O.C13H15ClF2N4O.C9H7FN2/c1-3-16-20(32)29(2)17-12-27-21(28-19(17)31(16)15-10-22(24,25)11-15)30-9-8-26-18(30)13-4-6-14(23)7-5-13;1-3-8-11(21)19(2)9-6-17-12(14)18-10(9)20(8)7-4-13(15,16)5-7;10-8-3-1-7(2-4-8)9-11-5-6-12-9/h4-9,12,15-16H,3,10-11H2,1-2H3;6-8H,3-5H2,1-2H3;1-6H,(H,11,12)/t16-;8-;/m11./s1. The Morgan fingerprint density at radius 1 is 0.677 bits per heavy atom. The number of alkyl halides is 4. The number of halogens is 7. The maximum absolute atomic E-state index is 13.7. The van der Waals surface area contributed by atoms with E-state index in [9.17, 15) is 35.9 Å². The fourth-order valence-corrected chi connectivity index (χ4v) is 8.58. The van der Waals surface area contributed by atoms with E-state index in [-0.39, 0.29) is 60.4 Å². The van der Waals surface area contributed by atoms with Gasteiger partial charge in [-0.2, -0.15) is 9.97 Å². The summed E-state index contributed by atoms with van der Waals surface area (Å²) >= 11 is 5.84. The molecule has 65 heavy (non-hydrogen) atoms. The first kappa shape index (κ1) is 45.0. The zero-order valence-electron chi connectivity index (χ0n) is 35.5. The number of hydrogen-bond donors (Lipinski definition) is 1. The highest BCUT2D eigenvalue weighted by Crippen LogP contribution is 2.48. The SMILES string of the molecule is CC[C@@H]1C(=O)N(C)c2cnc(-n3ccnc3-c3ccc(F)cc3)nc2N1C1CC(F)(F)C1.CC[C@@H]1C(=O)N(C)c2cnc(Cl)nc2N1C1CC(F)(F)C1.Fc1ccc(-c2ncc[nH]2)cc1. The first-order valence-corrected chi connectivity index (χ1v) is 21.2. The van der Waals surface area contributed by atoms with Gasteiger partial charge in [0.05, 0.1) is 12.4 Å². The Kier molecular flexibility index (Phi) is 12.3. The Morgan fingerprint density at radius 3 is 1.65 bits per heavy atom. The minimum Gasteiger partial charge on any atom is -0.345 e. The van der Waals surface area contributed by atoms with Gasteiger partial charge in [-0.3, -0.25) is 14.2 Å². The average molecular weight is 921 g/mol. The molecule has 0 bridgehead atoms. The molecule has 0 saturated heterocycles. The molecule has 2 saturated carbocycles. The minimum atomic E-state index is -2.73. The molecule has 6 heterocycles. The molecule has 4 aliphatic rings. The van der Waals surface area contributed by atoms with Crippen LogP contribution in [0.25, 0.3) is 28.7 Å². The van der Waals surface area contributed by atoms with Gasteiger partial charge in [0.2, 0.25) is 23.0 Å². The summed E-state index contributed by atoms with van der Waals surface area (Å²) in [4.78, 5) is 60.2. The molecular formula is C44H43ClF6N12O2. The van der Waals surface area contributed by atoms with Crippen LogP contribution in [0.3, 0.4) is 0 Å². The van der Waals surface area contributed by atoms with Gasteiger partial charge in [0, 0.05) is 87.8 Å². The molecule has 1 N–H and O–H groups in total. The van der Waals surface area contributed by atoms with Crippen molar-refractivity contribution in [3.63, 3.8) is 0 Å². The van der Waals surface area contributed by atoms with Gasteiger partial charge in [-0.15, -0.1) is 0 Å². The largest absolute Gasteiger partial charge is 0.345 e. The van der Waals surface area contributed by atoms with E-state index in [1.807, 2.05) is 13.8 Å². The number of carbonyl (C=O) groups is 2. The zero-order valence-corrected chi connectivity index (χ0v) is 36.3. The molecule has 10 rings (SSSR count). The van der Waals surface area contributed by atoms with Crippen molar-refractivity contribution in [1.82, 2.24) is 39.5 Å². The van der Waals surface area contributed by atoms with Crippen molar-refractivity contribution in [3.05, 3.63) is 103 Å². The number of aromatic nitrogens is 8. The van der Waals surface area contributed by atoms with E-state index >= 15 is 0 Å². The molecule has 2 aliphatic heterocycles. The molecule has 2 aliphatic carbocycles. The molecule has 2 fully saturated rings. The molecule has 2 amide bonds. The third kappa shape index (κ3) is 8.95. The summed E-state index contributed by atoms with van der Waals surface area (Å²) in [6.07, 6.45) is 9.48.